The van der Waals surface area contributed by atoms with Gasteiger partial charge < -0.3 is 19.4 Å². The zero-order chi connectivity index (χ0) is 25.7. The first-order chi connectivity index (χ1) is 17.5. The Balaban J connectivity index is 1.66. The Bertz CT molecular complexity index is 1230. The van der Waals surface area contributed by atoms with Gasteiger partial charge in [0.05, 0.1) is 37.9 Å². The molecule has 8 heteroatoms. The van der Waals surface area contributed by atoms with Gasteiger partial charge in [0.2, 0.25) is 5.91 Å². The fraction of sp³-hybridized carbons (Fsp3) is 0.357. The van der Waals surface area contributed by atoms with Crippen LogP contribution in [0.3, 0.4) is 0 Å². The maximum atomic E-state index is 12.3. The highest BCUT2D eigenvalue weighted by Crippen LogP contribution is 2.34. The number of allylic oxidation sites excluding steroid dienone is 2. The van der Waals surface area contributed by atoms with Crippen molar-refractivity contribution < 1.29 is 9.53 Å². The van der Waals surface area contributed by atoms with Gasteiger partial charge in [0.15, 0.2) is 0 Å². The summed E-state index contributed by atoms with van der Waals surface area (Å²) >= 11 is 0. The average Bonchev–Trinajstić information content (AvgIpc) is 2.91. The van der Waals surface area contributed by atoms with E-state index >= 15 is 0 Å². The highest BCUT2D eigenvalue weighted by Gasteiger charge is 2.33. The highest BCUT2D eigenvalue weighted by atomic mass is 16.5. The zero-order valence-corrected chi connectivity index (χ0v) is 21.0. The van der Waals surface area contributed by atoms with Crippen LogP contribution >= 0.6 is 0 Å². The summed E-state index contributed by atoms with van der Waals surface area (Å²) in [6.07, 6.45) is 6.20. The zero-order valence-electron chi connectivity index (χ0n) is 21.0. The number of aryl methyl sites for hydroxylation is 1. The number of piperazine rings is 1. The molecule has 1 fully saturated rings. The third-order valence-electron chi connectivity index (χ3n) is 6.81. The van der Waals surface area contributed by atoms with Crippen molar-refractivity contribution in [1.82, 2.24) is 19.8 Å². The molecule has 2 aromatic rings. The minimum absolute atomic E-state index is 0.148. The number of amides is 1. The molecule has 2 aliphatic heterocycles. The van der Waals surface area contributed by atoms with Gasteiger partial charge in [-0.2, -0.15) is 15.2 Å². The molecule has 3 heterocycles. The largest absolute Gasteiger partial charge is 0.467 e. The van der Waals surface area contributed by atoms with Crippen LogP contribution in [0.25, 0.3) is 5.70 Å². The van der Waals surface area contributed by atoms with Crippen LogP contribution in [0, 0.1) is 18.3 Å². The Hall–Kier alpha value is -4.12. The molecule has 8 nitrogen and oxygen atoms in total. The van der Waals surface area contributed by atoms with Gasteiger partial charge in [-0.25, -0.2) is 0 Å². The number of anilines is 1. The van der Waals surface area contributed by atoms with Crippen LogP contribution in [0.5, 0.6) is 6.01 Å². The van der Waals surface area contributed by atoms with E-state index in [0.29, 0.717) is 32.2 Å². The van der Waals surface area contributed by atoms with Crippen molar-refractivity contribution in [2.75, 3.05) is 38.2 Å². The first kappa shape index (κ1) is 25.0. The van der Waals surface area contributed by atoms with Crippen LogP contribution in [-0.4, -0.2) is 65.0 Å². The smallest absolute Gasteiger partial charge is 0.318 e. The topological polar surface area (TPSA) is 85.6 Å². The number of nitriles is 1. The summed E-state index contributed by atoms with van der Waals surface area (Å²) < 4.78 is 5.48. The van der Waals surface area contributed by atoms with Gasteiger partial charge in [0, 0.05) is 43.0 Å². The normalized spacial score (nSPS) is 17.8. The van der Waals surface area contributed by atoms with Crippen LogP contribution < -0.4 is 9.64 Å². The van der Waals surface area contributed by atoms with Gasteiger partial charge in [0.1, 0.15) is 5.82 Å². The van der Waals surface area contributed by atoms with Crippen molar-refractivity contribution in [2.45, 2.75) is 32.4 Å². The third kappa shape index (κ3) is 4.96. The summed E-state index contributed by atoms with van der Waals surface area (Å²) in [7, 11) is 1.57. The van der Waals surface area contributed by atoms with Gasteiger partial charge in [-0.1, -0.05) is 43.5 Å². The lowest BCUT2D eigenvalue weighted by molar-refractivity contribution is -0.128. The molecule has 1 atom stereocenters. The number of hydrogen-bond acceptors (Lipinski definition) is 7. The lowest BCUT2D eigenvalue weighted by Crippen LogP contribution is -2.55. The van der Waals surface area contributed by atoms with Crippen molar-refractivity contribution in [1.29, 1.82) is 5.26 Å². The van der Waals surface area contributed by atoms with Gasteiger partial charge in [-0.05, 0) is 31.1 Å². The van der Waals surface area contributed by atoms with E-state index in [9.17, 15) is 10.1 Å². The first-order valence-electron chi connectivity index (χ1n) is 12.1. The van der Waals surface area contributed by atoms with Gasteiger partial charge in [-0.15, -0.1) is 0 Å². The second-order valence-electron chi connectivity index (χ2n) is 8.93. The molecule has 4 rings (SSSR count). The molecule has 1 aromatic carbocycles. The molecule has 0 radical (unpaired) electrons. The maximum Gasteiger partial charge on any atom is 0.318 e. The predicted molar refractivity (Wildman–Crippen MR) is 140 cm³/mol. The monoisotopic (exact) mass is 484 g/mol. The van der Waals surface area contributed by atoms with Crippen molar-refractivity contribution in [2.24, 2.45) is 0 Å². The number of nitrogens with zero attached hydrogens (tertiary/aromatic N) is 6. The molecule has 1 amide bonds. The van der Waals surface area contributed by atoms with Crippen LogP contribution in [0.1, 0.15) is 28.8 Å². The lowest BCUT2D eigenvalue weighted by Gasteiger charge is -2.42. The molecule has 1 aromatic heterocycles. The van der Waals surface area contributed by atoms with E-state index in [1.165, 1.54) is 17.2 Å². The van der Waals surface area contributed by atoms with E-state index in [1.807, 2.05) is 12.1 Å². The number of carbonyl (C=O) groups is 1. The summed E-state index contributed by atoms with van der Waals surface area (Å²) in [5.41, 5.74) is 5.50. The van der Waals surface area contributed by atoms with Crippen LogP contribution in [0.4, 0.5) is 5.82 Å². The molecule has 1 saturated heterocycles. The fourth-order valence-electron chi connectivity index (χ4n) is 5.02. The number of fused-ring (bicyclic) bond motifs is 1. The molecule has 0 N–H and O–H groups in total. The molecular weight excluding hydrogens is 452 g/mol. The summed E-state index contributed by atoms with van der Waals surface area (Å²) in [4.78, 5) is 28.0. The number of benzene rings is 1. The SMILES string of the molecule is C=C/C=C(\c1ccccc1C)N1CCc2c(nc(OC)nc2N2CCN(C(=O)C=C)C(CC#N)C2)C1. The van der Waals surface area contributed by atoms with Crippen molar-refractivity contribution in [3.63, 3.8) is 0 Å². The van der Waals surface area contributed by atoms with Crippen LogP contribution in [0.2, 0.25) is 0 Å². The fourth-order valence-corrected chi connectivity index (χ4v) is 5.02. The molecule has 0 spiro atoms. The van der Waals surface area contributed by atoms with E-state index < -0.39 is 0 Å². The number of carbonyl (C=O) groups excluding carboxylic acids is 1. The second-order valence-corrected chi connectivity index (χ2v) is 8.93. The van der Waals surface area contributed by atoms with E-state index in [-0.39, 0.29) is 18.4 Å². The molecule has 0 bridgehead atoms. The molecule has 1 unspecified atom stereocenters. The second kappa shape index (κ2) is 11.1. The first-order valence-corrected chi connectivity index (χ1v) is 12.1. The summed E-state index contributed by atoms with van der Waals surface area (Å²) in [6.45, 7) is 12.7. The van der Waals surface area contributed by atoms with Crippen molar-refractivity contribution in [3.8, 4) is 12.1 Å². The number of aromatic nitrogens is 2. The summed E-state index contributed by atoms with van der Waals surface area (Å²) in [6, 6.07) is 10.6. The number of hydrogen-bond donors (Lipinski definition) is 0. The van der Waals surface area contributed by atoms with Crippen LogP contribution in [-0.2, 0) is 17.8 Å². The standard InChI is InChI=1S/C28H32N6O2/c1-5-9-25(22-11-8-7-10-20(22)3)32-15-13-23-24(19-32)30-28(36-4)31-27(23)33-16-17-34(26(35)6-2)21(18-33)12-14-29/h5-11,21H,1-2,12-13,15-19H2,3-4H3/b25-9+. The minimum Gasteiger partial charge on any atom is -0.467 e. The van der Waals surface area contributed by atoms with E-state index in [2.05, 4.69) is 60.2 Å². The summed E-state index contributed by atoms with van der Waals surface area (Å²) in [5, 5.41) is 9.36. The molecule has 0 aliphatic carbocycles. The Morgan fingerprint density at radius 2 is 2.06 bits per heavy atom. The molecule has 0 saturated carbocycles. The molecular formula is C28H32N6O2. The maximum absolute atomic E-state index is 12.3. The Labute approximate surface area is 212 Å². The number of rotatable bonds is 7. The lowest BCUT2D eigenvalue weighted by atomic mass is 9.99. The Kier molecular flexibility index (Phi) is 7.69. The van der Waals surface area contributed by atoms with Gasteiger partial charge in [-0.3, -0.25) is 4.79 Å². The number of ether oxygens (including phenoxy) is 1. The Morgan fingerprint density at radius 3 is 2.75 bits per heavy atom. The molecule has 36 heavy (non-hydrogen) atoms. The Morgan fingerprint density at radius 1 is 1.25 bits per heavy atom. The van der Waals surface area contributed by atoms with Crippen molar-refractivity contribution in [3.05, 3.63) is 78.0 Å². The quantitative estimate of drug-likeness (QED) is 0.439. The minimum atomic E-state index is -0.228. The average molecular weight is 485 g/mol. The van der Waals surface area contributed by atoms with Gasteiger partial charge >= 0.3 is 6.01 Å². The highest BCUT2D eigenvalue weighted by molar-refractivity contribution is 5.87. The third-order valence-corrected chi connectivity index (χ3v) is 6.81. The molecule has 186 valence electrons. The predicted octanol–water partition coefficient (Wildman–Crippen LogP) is 3.50. The number of methoxy groups -OCH3 is 1. The van der Waals surface area contributed by atoms with E-state index in [1.54, 1.807) is 12.0 Å². The van der Waals surface area contributed by atoms with E-state index in [4.69, 9.17) is 14.7 Å². The van der Waals surface area contributed by atoms with Crippen molar-refractivity contribution >= 4 is 17.4 Å². The summed E-state index contributed by atoms with van der Waals surface area (Å²) in [5.74, 6) is 0.681. The van der Waals surface area contributed by atoms with Crippen LogP contribution in [0.15, 0.2) is 55.7 Å². The van der Waals surface area contributed by atoms with E-state index in [0.717, 1.165) is 35.7 Å². The van der Waals surface area contributed by atoms with Gasteiger partial charge in [0.25, 0.3) is 0 Å². The molecule has 2 aliphatic rings.